The third-order valence-electron chi connectivity index (χ3n) is 2.64. The van der Waals surface area contributed by atoms with E-state index in [1.165, 1.54) is 0 Å². The molecule has 0 spiro atoms. The van der Waals surface area contributed by atoms with Crippen molar-refractivity contribution in [1.29, 1.82) is 0 Å². The van der Waals surface area contributed by atoms with E-state index in [2.05, 4.69) is 46.6 Å². The first-order valence-corrected chi connectivity index (χ1v) is 6.06. The molecule has 1 heterocycles. The molecule has 0 aliphatic carbocycles. The number of rotatable bonds is 3. The standard InChI is InChI=1S/C13H24N2O/c1-7-15-10(8-9(2)3)11(16)12(14-15)13(4,5)6/h9,16H,7-8H2,1-6H3. The lowest BCUT2D eigenvalue weighted by Crippen LogP contribution is -2.13. The van der Waals surface area contributed by atoms with Gasteiger partial charge in [-0.1, -0.05) is 34.6 Å². The van der Waals surface area contributed by atoms with Gasteiger partial charge in [0, 0.05) is 12.0 Å². The minimum absolute atomic E-state index is 0.101. The van der Waals surface area contributed by atoms with E-state index in [4.69, 9.17) is 0 Å². The molecule has 0 saturated carbocycles. The third kappa shape index (κ3) is 2.57. The molecule has 0 bridgehead atoms. The van der Waals surface area contributed by atoms with E-state index in [0.29, 0.717) is 11.7 Å². The van der Waals surface area contributed by atoms with Crippen LogP contribution in [0.3, 0.4) is 0 Å². The van der Waals surface area contributed by atoms with Crippen LogP contribution in [0, 0.1) is 5.92 Å². The molecule has 0 saturated heterocycles. The number of nitrogens with zero attached hydrogens (tertiary/aromatic N) is 2. The van der Waals surface area contributed by atoms with Crippen molar-refractivity contribution in [3.05, 3.63) is 11.4 Å². The monoisotopic (exact) mass is 224 g/mol. The molecule has 0 aliphatic rings. The van der Waals surface area contributed by atoms with Gasteiger partial charge in [0.1, 0.15) is 5.69 Å². The molecule has 0 atom stereocenters. The van der Waals surface area contributed by atoms with E-state index in [1.54, 1.807) is 0 Å². The van der Waals surface area contributed by atoms with Crippen molar-refractivity contribution < 1.29 is 5.11 Å². The van der Waals surface area contributed by atoms with Crippen LogP contribution < -0.4 is 0 Å². The van der Waals surface area contributed by atoms with Gasteiger partial charge >= 0.3 is 0 Å². The summed E-state index contributed by atoms with van der Waals surface area (Å²) in [4.78, 5) is 0. The number of hydrogen-bond acceptors (Lipinski definition) is 2. The molecule has 0 radical (unpaired) electrons. The zero-order valence-corrected chi connectivity index (χ0v) is 11.3. The highest BCUT2D eigenvalue weighted by molar-refractivity contribution is 5.36. The molecule has 0 aliphatic heterocycles. The van der Waals surface area contributed by atoms with Crippen LogP contribution in [0.4, 0.5) is 0 Å². The average Bonchev–Trinajstić information content (AvgIpc) is 2.42. The van der Waals surface area contributed by atoms with E-state index in [0.717, 1.165) is 24.4 Å². The first-order chi connectivity index (χ1) is 7.27. The largest absolute Gasteiger partial charge is 0.504 e. The highest BCUT2D eigenvalue weighted by Crippen LogP contribution is 2.33. The van der Waals surface area contributed by atoms with Gasteiger partial charge in [-0.05, 0) is 19.3 Å². The van der Waals surface area contributed by atoms with E-state index < -0.39 is 0 Å². The Bertz CT molecular complexity index is 359. The first kappa shape index (κ1) is 13.1. The fourth-order valence-corrected chi connectivity index (χ4v) is 1.84. The Labute approximate surface area is 98.5 Å². The van der Waals surface area contributed by atoms with Crippen LogP contribution in [0.2, 0.25) is 0 Å². The normalized spacial score (nSPS) is 12.4. The second-order valence-electron chi connectivity index (χ2n) is 5.81. The highest BCUT2D eigenvalue weighted by atomic mass is 16.3. The smallest absolute Gasteiger partial charge is 0.160 e. The Morgan fingerprint density at radius 2 is 1.88 bits per heavy atom. The zero-order valence-electron chi connectivity index (χ0n) is 11.3. The maximum atomic E-state index is 10.2. The van der Waals surface area contributed by atoms with Crippen LogP contribution in [0.1, 0.15) is 52.9 Å². The maximum absolute atomic E-state index is 10.2. The molecule has 16 heavy (non-hydrogen) atoms. The molecular weight excluding hydrogens is 200 g/mol. The summed E-state index contributed by atoms with van der Waals surface area (Å²) in [5.74, 6) is 0.920. The van der Waals surface area contributed by atoms with Crippen molar-refractivity contribution in [3.8, 4) is 5.75 Å². The van der Waals surface area contributed by atoms with Gasteiger partial charge in [-0.15, -0.1) is 0 Å². The average molecular weight is 224 g/mol. The van der Waals surface area contributed by atoms with Crippen molar-refractivity contribution in [2.75, 3.05) is 0 Å². The Hall–Kier alpha value is -0.990. The van der Waals surface area contributed by atoms with Gasteiger partial charge < -0.3 is 5.11 Å². The van der Waals surface area contributed by atoms with Crippen LogP contribution in [-0.2, 0) is 18.4 Å². The summed E-state index contributed by atoms with van der Waals surface area (Å²) >= 11 is 0. The minimum atomic E-state index is -0.101. The fraction of sp³-hybridized carbons (Fsp3) is 0.769. The summed E-state index contributed by atoms with van der Waals surface area (Å²) in [7, 11) is 0. The molecule has 0 unspecified atom stereocenters. The van der Waals surface area contributed by atoms with Gasteiger partial charge in [-0.2, -0.15) is 5.10 Å². The van der Waals surface area contributed by atoms with Gasteiger partial charge in [-0.25, -0.2) is 0 Å². The van der Waals surface area contributed by atoms with Crippen molar-refractivity contribution in [3.63, 3.8) is 0 Å². The van der Waals surface area contributed by atoms with Gasteiger partial charge in [-0.3, -0.25) is 4.68 Å². The Kier molecular flexibility index (Phi) is 3.66. The van der Waals surface area contributed by atoms with Crippen LogP contribution in [0.5, 0.6) is 5.75 Å². The van der Waals surface area contributed by atoms with E-state index in [9.17, 15) is 5.11 Å². The SMILES string of the molecule is CCn1nc(C(C)(C)C)c(O)c1CC(C)C. The third-order valence-corrected chi connectivity index (χ3v) is 2.64. The lowest BCUT2D eigenvalue weighted by Gasteiger charge is -2.15. The molecule has 0 fully saturated rings. The number of aromatic nitrogens is 2. The topological polar surface area (TPSA) is 38.0 Å². The van der Waals surface area contributed by atoms with Crippen LogP contribution in [0.25, 0.3) is 0 Å². The van der Waals surface area contributed by atoms with Crippen LogP contribution in [-0.4, -0.2) is 14.9 Å². The number of aryl methyl sites for hydroxylation is 1. The lowest BCUT2D eigenvalue weighted by atomic mass is 9.91. The second-order valence-corrected chi connectivity index (χ2v) is 5.81. The summed E-state index contributed by atoms with van der Waals surface area (Å²) < 4.78 is 1.93. The summed E-state index contributed by atoms with van der Waals surface area (Å²) in [5.41, 5.74) is 1.68. The highest BCUT2D eigenvalue weighted by Gasteiger charge is 2.26. The maximum Gasteiger partial charge on any atom is 0.160 e. The first-order valence-electron chi connectivity index (χ1n) is 6.06. The zero-order chi connectivity index (χ0) is 12.5. The molecule has 1 aromatic heterocycles. The molecule has 1 N–H and O–H groups in total. The van der Waals surface area contributed by atoms with Crippen molar-refractivity contribution in [2.24, 2.45) is 5.92 Å². The number of hydrogen-bond donors (Lipinski definition) is 1. The summed E-state index contributed by atoms with van der Waals surface area (Å²) in [6, 6.07) is 0. The molecular formula is C13H24N2O. The minimum Gasteiger partial charge on any atom is -0.504 e. The molecule has 3 nitrogen and oxygen atoms in total. The summed E-state index contributed by atoms with van der Waals surface area (Å²) in [5, 5.41) is 14.8. The van der Waals surface area contributed by atoms with Crippen LogP contribution >= 0.6 is 0 Å². The summed E-state index contributed by atoms with van der Waals surface area (Å²) in [6.07, 6.45) is 0.878. The fourth-order valence-electron chi connectivity index (χ4n) is 1.84. The van der Waals surface area contributed by atoms with Gasteiger partial charge in [0.15, 0.2) is 5.75 Å². The van der Waals surface area contributed by atoms with E-state index in [1.807, 2.05) is 4.68 Å². The quantitative estimate of drug-likeness (QED) is 0.856. The Morgan fingerprint density at radius 3 is 2.25 bits per heavy atom. The van der Waals surface area contributed by atoms with Crippen molar-refractivity contribution >= 4 is 0 Å². The predicted octanol–water partition coefficient (Wildman–Crippen LogP) is 3.10. The molecule has 0 aromatic carbocycles. The van der Waals surface area contributed by atoms with E-state index in [-0.39, 0.29) is 5.41 Å². The van der Waals surface area contributed by atoms with Crippen molar-refractivity contribution in [2.45, 2.75) is 59.9 Å². The molecule has 3 heteroatoms. The summed E-state index contributed by atoms with van der Waals surface area (Å²) in [6.45, 7) is 13.4. The number of aromatic hydroxyl groups is 1. The molecule has 92 valence electrons. The predicted molar refractivity (Wildman–Crippen MR) is 66.8 cm³/mol. The Balaban J connectivity index is 3.21. The van der Waals surface area contributed by atoms with Gasteiger partial charge in [0.05, 0.1) is 5.69 Å². The van der Waals surface area contributed by atoms with Gasteiger partial charge in [0.2, 0.25) is 0 Å². The molecule has 0 amide bonds. The lowest BCUT2D eigenvalue weighted by molar-refractivity contribution is 0.435. The molecule has 1 aromatic rings. The van der Waals surface area contributed by atoms with Crippen LogP contribution in [0.15, 0.2) is 0 Å². The van der Waals surface area contributed by atoms with Gasteiger partial charge in [0.25, 0.3) is 0 Å². The molecule has 1 rings (SSSR count). The second kappa shape index (κ2) is 4.48. The van der Waals surface area contributed by atoms with E-state index >= 15 is 0 Å². The Morgan fingerprint density at radius 1 is 1.31 bits per heavy atom. The van der Waals surface area contributed by atoms with Crippen molar-refractivity contribution in [1.82, 2.24) is 9.78 Å².